The second-order valence-electron chi connectivity index (χ2n) is 8.22. The number of thioether (sulfide) groups is 1. The van der Waals surface area contributed by atoms with Crippen LogP contribution in [0.2, 0.25) is 0 Å². The molecule has 0 atom stereocenters. The number of methoxy groups -OCH3 is 1. The van der Waals surface area contributed by atoms with Gasteiger partial charge in [-0.3, -0.25) is 13.9 Å². The van der Waals surface area contributed by atoms with Crippen LogP contribution in [-0.2, 0) is 19.6 Å². The van der Waals surface area contributed by atoms with Crippen LogP contribution >= 0.6 is 11.8 Å². The molecule has 0 aliphatic heterocycles. The number of sulfonamides is 1. The van der Waals surface area contributed by atoms with Gasteiger partial charge in [-0.2, -0.15) is 0 Å². The highest BCUT2D eigenvalue weighted by molar-refractivity contribution is 7.98. The zero-order chi connectivity index (χ0) is 26.8. The van der Waals surface area contributed by atoms with E-state index in [9.17, 15) is 18.0 Å². The van der Waals surface area contributed by atoms with Crippen molar-refractivity contribution in [2.45, 2.75) is 23.1 Å². The van der Waals surface area contributed by atoms with Gasteiger partial charge in [-0.15, -0.1) is 11.8 Å². The molecule has 2 N–H and O–H groups in total. The molecule has 0 saturated carbocycles. The lowest BCUT2D eigenvalue weighted by Gasteiger charge is -2.24. The molecule has 0 unspecified atom stereocenters. The average molecular weight is 542 g/mol. The number of benzene rings is 3. The highest BCUT2D eigenvalue weighted by Crippen LogP contribution is 2.26. The summed E-state index contributed by atoms with van der Waals surface area (Å²) >= 11 is 1.51. The van der Waals surface area contributed by atoms with Crippen LogP contribution in [0.4, 0.5) is 11.4 Å². The summed E-state index contributed by atoms with van der Waals surface area (Å²) in [5.74, 6) is -0.923. The minimum atomic E-state index is -4.05. The molecule has 0 spiro atoms. The first-order valence-electron chi connectivity index (χ1n) is 11.7. The largest absolute Gasteiger partial charge is 0.385 e. The van der Waals surface area contributed by atoms with Crippen LogP contribution in [0.15, 0.2) is 82.6 Å². The number of nitrogens with one attached hydrogen (secondary N) is 2. The van der Waals surface area contributed by atoms with E-state index in [1.54, 1.807) is 67.8 Å². The van der Waals surface area contributed by atoms with E-state index in [2.05, 4.69) is 10.6 Å². The van der Waals surface area contributed by atoms with Crippen LogP contribution < -0.4 is 14.9 Å². The number of ether oxygens (including phenoxy) is 1. The van der Waals surface area contributed by atoms with E-state index in [0.29, 0.717) is 30.9 Å². The lowest BCUT2D eigenvalue weighted by Crippen LogP contribution is -2.38. The zero-order valence-corrected chi connectivity index (χ0v) is 22.7. The van der Waals surface area contributed by atoms with Gasteiger partial charge in [0.05, 0.1) is 21.8 Å². The van der Waals surface area contributed by atoms with Gasteiger partial charge in [-0.25, -0.2) is 8.42 Å². The van der Waals surface area contributed by atoms with Gasteiger partial charge in [-0.05, 0) is 68.1 Å². The number of carbonyl (C=O) groups excluding carboxylic acids is 2. The second-order valence-corrected chi connectivity index (χ2v) is 11.0. The molecule has 3 rings (SSSR count). The summed E-state index contributed by atoms with van der Waals surface area (Å²) in [5, 5.41) is 5.51. The highest BCUT2D eigenvalue weighted by Gasteiger charge is 2.27. The minimum absolute atomic E-state index is 0.0783. The molecule has 0 fully saturated rings. The van der Waals surface area contributed by atoms with Crippen molar-refractivity contribution in [1.82, 2.24) is 5.32 Å². The number of nitrogens with zero attached hydrogens (tertiary/aromatic N) is 1. The Morgan fingerprint density at radius 2 is 1.65 bits per heavy atom. The molecule has 0 aliphatic rings. The summed E-state index contributed by atoms with van der Waals surface area (Å²) in [4.78, 5) is 26.8. The van der Waals surface area contributed by atoms with Gasteiger partial charge in [0, 0.05) is 25.2 Å². The Hall–Kier alpha value is -3.34. The molecule has 0 radical (unpaired) electrons. The number of rotatable bonds is 12. The van der Waals surface area contributed by atoms with Crippen molar-refractivity contribution >= 4 is 45.0 Å². The molecule has 8 nitrogen and oxygen atoms in total. The number of aryl methyl sites for hydroxylation is 1. The van der Waals surface area contributed by atoms with Crippen molar-refractivity contribution in [1.29, 1.82) is 0 Å². The average Bonchev–Trinajstić information content (AvgIpc) is 2.90. The van der Waals surface area contributed by atoms with E-state index in [4.69, 9.17) is 4.74 Å². The van der Waals surface area contributed by atoms with Gasteiger partial charge >= 0.3 is 0 Å². The fourth-order valence-electron chi connectivity index (χ4n) is 3.52. The number of hydrogen-bond acceptors (Lipinski definition) is 6. The van der Waals surface area contributed by atoms with E-state index >= 15 is 0 Å². The Kier molecular flexibility index (Phi) is 10.1. The normalized spacial score (nSPS) is 11.1. The molecule has 0 bridgehead atoms. The third kappa shape index (κ3) is 7.58. The van der Waals surface area contributed by atoms with Gasteiger partial charge in [0.2, 0.25) is 5.91 Å². The van der Waals surface area contributed by atoms with Crippen molar-refractivity contribution in [2.75, 3.05) is 42.7 Å². The second kappa shape index (κ2) is 13.3. The maximum Gasteiger partial charge on any atom is 0.264 e. The maximum absolute atomic E-state index is 13.6. The molecule has 10 heteroatoms. The Bertz CT molecular complexity index is 1310. The third-order valence-corrected chi connectivity index (χ3v) is 8.04. The van der Waals surface area contributed by atoms with Crippen molar-refractivity contribution in [3.63, 3.8) is 0 Å². The fraction of sp³-hybridized carbons (Fsp3) is 0.259. The molecule has 2 amide bonds. The van der Waals surface area contributed by atoms with Gasteiger partial charge in [0.1, 0.15) is 6.54 Å². The Morgan fingerprint density at radius 3 is 2.30 bits per heavy atom. The summed E-state index contributed by atoms with van der Waals surface area (Å²) in [5.41, 5.74) is 1.90. The summed E-state index contributed by atoms with van der Waals surface area (Å²) in [6, 6.07) is 20.0. The molecular formula is C27H31N3O5S2. The summed E-state index contributed by atoms with van der Waals surface area (Å²) in [7, 11) is -2.46. The third-order valence-electron chi connectivity index (χ3n) is 5.51. The quantitative estimate of drug-likeness (QED) is 0.261. The maximum atomic E-state index is 13.6. The van der Waals surface area contributed by atoms with Gasteiger partial charge in [0.25, 0.3) is 15.9 Å². The van der Waals surface area contributed by atoms with Gasteiger partial charge in [-0.1, -0.05) is 29.8 Å². The first kappa shape index (κ1) is 28.2. The van der Waals surface area contributed by atoms with Crippen molar-refractivity contribution in [3.8, 4) is 0 Å². The lowest BCUT2D eigenvalue weighted by molar-refractivity contribution is -0.114. The number of anilines is 2. The van der Waals surface area contributed by atoms with Crippen LogP contribution in [0, 0.1) is 6.92 Å². The summed E-state index contributed by atoms with van der Waals surface area (Å²) < 4.78 is 33.3. The summed E-state index contributed by atoms with van der Waals surface area (Å²) in [6.45, 7) is 2.36. The van der Waals surface area contributed by atoms with Crippen LogP contribution in [0.3, 0.4) is 0 Å². The highest BCUT2D eigenvalue weighted by atomic mass is 32.2. The Morgan fingerprint density at radius 1 is 0.973 bits per heavy atom. The van der Waals surface area contributed by atoms with Crippen molar-refractivity contribution in [3.05, 3.63) is 83.9 Å². The van der Waals surface area contributed by atoms with E-state index in [1.165, 1.54) is 23.9 Å². The standard InChI is InChI=1S/C27H31N3O5S2/c1-20-9-11-21(12-10-20)30(37(33,34)23-15-13-22(36-3)14-16-23)19-26(31)29-25-8-5-4-7-24(25)27(32)28-17-6-18-35-2/h4-5,7-16H,6,17-19H2,1-3H3,(H,28,32)(H,29,31). The summed E-state index contributed by atoms with van der Waals surface area (Å²) in [6.07, 6.45) is 2.56. The smallest absolute Gasteiger partial charge is 0.264 e. The Labute approximate surface area is 222 Å². The molecule has 0 saturated heterocycles. The van der Waals surface area contributed by atoms with Gasteiger partial charge in [0.15, 0.2) is 0 Å². The molecule has 3 aromatic carbocycles. The first-order chi connectivity index (χ1) is 17.8. The lowest BCUT2D eigenvalue weighted by atomic mass is 10.1. The SMILES string of the molecule is COCCCNC(=O)c1ccccc1NC(=O)CN(c1ccc(C)cc1)S(=O)(=O)c1ccc(SC)cc1. The predicted octanol–water partition coefficient (Wildman–Crippen LogP) is 4.32. The zero-order valence-electron chi connectivity index (χ0n) is 21.1. The molecule has 0 heterocycles. The Balaban J connectivity index is 1.85. The molecule has 0 aromatic heterocycles. The number of carbonyl (C=O) groups is 2. The molecule has 196 valence electrons. The minimum Gasteiger partial charge on any atom is -0.385 e. The number of amides is 2. The topological polar surface area (TPSA) is 105 Å². The van der Waals surface area contributed by atoms with Crippen LogP contribution in [0.25, 0.3) is 0 Å². The van der Waals surface area contributed by atoms with E-state index in [1.807, 2.05) is 13.2 Å². The van der Waals surface area contributed by atoms with E-state index < -0.39 is 22.5 Å². The number of hydrogen-bond donors (Lipinski definition) is 2. The van der Waals surface area contributed by atoms with E-state index in [0.717, 1.165) is 14.8 Å². The van der Waals surface area contributed by atoms with Crippen molar-refractivity contribution < 1.29 is 22.7 Å². The molecule has 3 aromatic rings. The monoisotopic (exact) mass is 541 g/mol. The molecule has 0 aliphatic carbocycles. The van der Waals surface area contributed by atoms with E-state index in [-0.39, 0.29) is 16.4 Å². The van der Waals surface area contributed by atoms with Crippen molar-refractivity contribution in [2.24, 2.45) is 0 Å². The van der Waals surface area contributed by atoms with Crippen LogP contribution in [0.1, 0.15) is 22.3 Å². The van der Waals surface area contributed by atoms with Gasteiger partial charge < -0.3 is 15.4 Å². The first-order valence-corrected chi connectivity index (χ1v) is 14.3. The van der Waals surface area contributed by atoms with Crippen LogP contribution in [-0.4, -0.2) is 53.3 Å². The number of para-hydroxylation sites is 1. The van der Waals surface area contributed by atoms with Crippen LogP contribution in [0.5, 0.6) is 0 Å². The predicted molar refractivity (Wildman–Crippen MR) is 148 cm³/mol. The fourth-order valence-corrected chi connectivity index (χ4v) is 5.35. The molecule has 37 heavy (non-hydrogen) atoms. The molecular weight excluding hydrogens is 510 g/mol.